The number of hydrogen-bond acceptors (Lipinski definition) is 1. The first kappa shape index (κ1) is 6.34. The van der Waals surface area contributed by atoms with Crippen LogP contribution in [0, 0.1) is 0 Å². The number of halogens is 1. The molecule has 0 N–H and O–H groups in total. The number of hydrogen-bond donors (Lipinski definition) is 0. The number of rotatable bonds is 1. The van der Waals surface area contributed by atoms with Crippen molar-refractivity contribution in [3.8, 4) is 0 Å². The number of alkyl halides is 1. The highest BCUT2D eigenvalue weighted by Crippen LogP contribution is 2.10. The Bertz CT molecular complexity index is 367. The van der Waals surface area contributed by atoms with E-state index in [2.05, 4.69) is 4.98 Å². The molecule has 3 heteroatoms. The van der Waals surface area contributed by atoms with Gasteiger partial charge in [0.1, 0.15) is 0 Å². The Labute approximate surface area is 63.3 Å². The highest BCUT2D eigenvalue weighted by molar-refractivity contribution is 5.74. The summed E-state index contributed by atoms with van der Waals surface area (Å²) < 4.78 is 13.7. The van der Waals surface area contributed by atoms with Gasteiger partial charge in [-0.15, -0.1) is 0 Å². The Morgan fingerprint density at radius 1 is 1.36 bits per heavy atom. The summed E-state index contributed by atoms with van der Waals surface area (Å²) in [5, 5.41) is 0. The molecular formula is C8H7FN2. The van der Waals surface area contributed by atoms with Crippen LogP contribution in [0.2, 0.25) is 0 Å². The van der Waals surface area contributed by atoms with Crippen LogP contribution in [-0.4, -0.2) is 9.55 Å². The maximum Gasteiger partial charge on any atom is 0.166 e. The van der Waals surface area contributed by atoms with E-state index < -0.39 is 6.80 Å². The molecule has 2 rings (SSSR count). The van der Waals surface area contributed by atoms with Crippen LogP contribution in [0.15, 0.2) is 30.6 Å². The van der Waals surface area contributed by atoms with Crippen LogP contribution in [0.1, 0.15) is 0 Å². The van der Waals surface area contributed by atoms with Gasteiger partial charge in [-0.1, -0.05) is 12.1 Å². The third kappa shape index (κ3) is 0.888. The third-order valence-corrected chi connectivity index (χ3v) is 1.66. The largest absolute Gasteiger partial charge is 0.302 e. The van der Waals surface area contributed by atoms with E-state index in [1.165, 1.54) is 10.9 Å². The first-order valence-corrected chi connectivity index (χ1v) is 3.37. The maximum atomic E-state index is 12.2. The Morgan fingerprint density at radius 2 is 2.18 bits per heavy atom. The molecule has 2 aromatic rings. The van der Waals surface area contributed by atoms with Gasteiger partial charge < -0.3 is 4.57 Å². The molecule has 0 aliphatic carbocycles. The lowest BCUT2D eigenvalue weighted by atomic mass is 10.3. The van der Waals surface area contributed by atoms with E-state index in [0.29, 0.717) is 0 Å². The number of imidazole rings is 1. The van der Waals surface area contributed by atoms with Gasteiger partial charge in [-0.3, -0.25) is 0 Å². The molecule has 2 nitrogen and oxygen atoms in total. The molecule has 0 saturated carbocycles. The second kappa shape index (κ2) is 2.34. The van der Waals surface area contributed by atoms with Crippen molar-refractivity contribution in [2.24, 2.45) is 0 Å². The van der Waals surface area contributed by atoms with Crippen LogP contribution >= 0.6 is 0 Å². The van der Waals surface area contributed by atoms with Crippen molar-refractivity contribution in [2.45, 2.75) is 6.80 Å². The lowest BCUT2D eigenvalue weighted by Crippen LogP contribution is -1.88. The fourth-order valence-electron chi connectivity index (χ4n) is 1.11. The van der Waals surface area contributed by atoms with Gasteiger partial charge in [0.15, 0.2) is 6.80 Å². The Balaban J connectivity index is 2.76. The van der Waals surface area contributed by atoms with E-state index in [4.69, 9.17) is 0 Å². The van der Waals surface area contributed by atoms with Crippen molar-refractivity contribution in [1.82, 2.24) is 9.55 Å². The molecule has 11 heavy (non-hydrogen) atoms. The molecule has 0 fully saturated rings. The summed E-state index contributed by atoms with van der Waals surface area (Å²) in [5.74, 6) is 0. The minimum absolute atomic E-state index is 0.513. The number of para-hydroxylation sites is 2. The van der Waals surface area contributed by atoms with Gasteiger partial charge in [-0.25, -0.2) is 9.37 Å². The van der Waals surface area contributed by atoms with Crippen LogP contribution in [0.5, 0.6) is 0 Å². The van der Waals surface area contributed by atoms with Gasteiger partial charge >= 0.3 is 0 Å². The summed E-state index contributed by atoms with van der Waals surface area (Å²) >= 11 is 0. The summed E-state index contributed by atoms with van der Waals surface area (Å²) in [6.45, 7) is -0.513. The zero-order valence-electron chi connectivity index (χ0n) is 5.87. The topological polar surface area (TPSA) is 17.8 Å². The average Bonchev–Trinajstić information content (AvgIpc) is 2.47. The normalized spacial score (nSPS) is 10.6. The molecule has 1 heterocycles. The third-order valence-electron chi connectivity index (χ3n) is 1.66. The van der Waals surface area contributed by atoms with Gasteiger partial charge in [0.2, 0.25) is 0 Å². The monoisotopic (exact) mass is 150 g/mol. The van der Waals surface area contributed by atoms with Gasteiger partial charge in [-0.05, 0) is 12.1 Å². The Morgan fingerprint density at radius 3 is 3.00 bits per heavy atom. The predicted molar refractivity (Wildman–Crippen MR) is 40.8 cm³/mol. The van der Waals surface area contributed by atoms with Gasteiger partial charge in [0.25, 0.3) is 0 Å². The summed E-state index contributed by atoms with van der Waals surface area (Å²) in [7, 11) is 0. The second-order valence-electron chi connectivity index (χ2n) is 2.32. The smallest absolute Gasteiger partial charge is 0.166 e. The van der Waals surface area contributed by atoms with Crippen LogP contribution in [0.25, 0.3) is 11.0 Å². The van der Waals surface area contributed by atoms with Gasteiger partial charge in [-0.2, -0.15) is 0 Å². The van der Waals surface area contributed by atoms with E-state index in [1.54, 1.807) is 0 Å². The molecule has 0 spiro atoms. The molecule has 0 radical (unpaired) electrons. The first-order valence-electron chi connectivity index (χ1n) is 3.37. The standard InChI is InChI=1S/C8H7FN2/c9-5-11-6-10-7-3-1-2-4-8(7)11/h1-4,6H,5H2. The summed E-state index contributed by atoms with van der Waals surface area (Å²) in [6.07, 6.45) is 1.50. The fourth-order valence-corrected chi connectivity index (χ4v) is 1.11. The summed E-state index contributed by atoms with van der Waals surface area (Å²) in [5.41, 5.74) is 1.68. The lowest BCUT2D eigenvalue weighted by molar-refractivity contribution is 0.384. The zero-order valence-corrected chi connectivity index (χ0v) is 5.87. The van der Waals surface area contributed by atoms with Gasteiger partial charge in [0.05, 0.1) is 17.4 Å². The maximum absolute atomic E-state index is 12.2. The van der Waals surface area contributed by atoms with Crippen molar-refractivity contribution in [3.63, 3.8) is 0 Å². The van der Waals surface area contributed by atoms with Crippen molar-refractivity contribution in [3.05, 3.63) is 30.6 Å². The molecule has 0 aliphatic rings. The lowest BCUT2D eigenvalue weighted by Gasteiger charge is -1.93. The van der Waals surface area contributed by atoms with Crippen molar-refractivity contribution in [1.29, 1.82) is 0 Å². The fraction of sp³-hybridized carbons (Fsp3) is 0.125. The molecule has 0 atom stereocenters. The molecule has 0 unspecified atom stereocenters. The Hall–Kier alpha value is -1.38. The Kier molecular flexibility index (Phi) is 1.35. The second-order valence-corrected chi connectivity index (χ2v) is 2.32. The van der Waals surface area contributed by atoms with Crippen LogP contribution in [0.3, 0.4) is 0 Å². The molecule has 1 aromatic carbocycles. The minimum Gasteiger partial charge on any atom is -0.302 e. The van der Waals surface area contributed by atoms with Crippen LogP contribution in [0.4, 0.5) is 4.39 Å². The molecule has 0 saturated heterocycles. The highest BCUT2D eigenvalue weighted by atomic mass is 19.1. The molecule has 56 valence electrons. The summed E-state index contributed by atoms with van der Waals surface area (Å²) in [6, 6.07) is 7.47. The number of benzene rings is 1. The van der Waals surface area contributed by atoms with Gasteiger partial charge in [0, 0.05) is 0 Å². The highest BCUT2D eigenvalue weighted by Gasteiger charge is 1.98. The predicted octanol–water partition coefficient (Wildman–Crippen LogP) is 1.96. The van der Waals surface area contributed by atoms with E-state index >= 15 is 0 Å². The number of fused-ring (bicyclic) bond motifs is 1. The number of nitrogens with zero attached hydrogens (tertiary/aromatic N) is 2. The van der Waals surface area contributed by atoms with Crippen molar-refractivity contribution < 1.29 is 4.39 Å². The molecule has 0 bridgehead atoms. The molecule has 0 aliphatic heterocycles. The molecular weight excluding hydrogens is 143 g/mol. The van der Waals surface area contributed by atoms with Crippen LogP contribution in [-0.2, 0) is 6.80 Å². The molecule has 1 aromatic heterocycles. The quantitative estimate of drug-likeness (QED) is 0.607. The first-order chi connectivity index (χ1) is 5.42. The van der Waals surface area contributed by atoms with Crippen LogP contribution < -0.4 is 0 Å². The number of aromatic nitrogens is 2. The van der Waals surface area contributed by atoms with E-state index in [1.807, 2.05) is 24.3 Å². The zero-order chi connectivity index (χ0) is 7.68. The summed E-state index contributed by atoms with van der Waals surface area (Å²) in [4.78, 5) is 4.01. The minimum atomic E-state index is -0.513. The molecule has 0 amide bonds. The van der Waals surface area contributed by atoms with E-state index in [-0.39, 0.29) is 0 Å². The van der Waals surface area contributed by atoms with Crippen molar-refractivity contribution >= 4 is 11.0 Å². The van der Waals surface area contributed by atoms with E-state index in [0.717, 1.165) is 11.0 Å². The van der Waals surface area contributed by atoms with Crippen molar-refractivity contribution in [2.75, 3.05) is 0 Å². The van der Waals surface area contributed by atoms with E-state index in [9.17, 15) is 4.39 Å². The average molecular weight is 150 g/mol. The SMILES string of the molecule is FCn1cnc2ccccc21.